The van der Waals surface area contributed by atoms with E-state index in [-0.39, 0.29) is 5.91 Å². The van der Waals surface area contributed by atoms with E-state index < -0.39 is 0 Å². The molecule has 1 amide bonds. The minimum atomic E-state index is 0.126. The van der Waals surface area contributed by atoms with Crippen molar-refractivity contribution < 1.29 is 9.53 Å². The number of halogens is 1. The molecule has 1 aromatic rings. The molecule has 1 saturated heterocycles. The Kier molecular flexibility index (Phi) is 5.26. The second kappa shape index (κ2) is 6.95. The Morgan fingerprint density at radius 3 is 2.75 bits per heavy atom. The first kappa shape index (κ1) is 15.1. The van der Waals surface area contributed by atoms with Crippen molar-refractivity contribution in [3.63, 3.8) is 0 Å². The van der Waals surface area contributed by atoms with Crippen molar-refractivity contribution in [2.24, 2.45) is 11.7 Å². The van der Waals surface area contributed by atoms with Gasteiger partial charge in [0.25, 0.3) is 0 Å². The number of benzene rings is 1. The van der Waals surface area contributed by atoms with Crippen LogP contribution in [0.3, 0.4) is 0 Å². The van der Waals surface area contributed by atoms with Gasteiger partial charge in [0.1, 0.15) is 5.75 Å². The van der Waals surface area contributed by atoms with Crippen molar-refractivity contribution in [1.82, 2.24) is 4.90 Å². The monoisotopic (exact) mass is 296 g/mol. The Morgan fingerprint density at radius 2 is 2.15 bits per heavy atom. The lowest BCUT2D eigenvalue weighted by atomic mass is 9.96. The average molecular weight is 297 g/mol. The van der Waals surface area contributed by atoms with Crippen LogP contribution in [0.2, 0.25) is 5.02 Å². The predicted octanol–water partition coefficient (Wildman–Crippen LogP) is 2.09. The zero-order valence-electron chi connectivity index (χ0n) is 11.8. The number of hydrogen-bond acceptors (Lipinski definition) is 3. The van der Waals surface area contributed by atoms with E-state index in [9.17, 15) is 4.79 Å². The molecule has 4 nitrogen and oxygen atoms in total. The number of carbonyl (C=O) groups is 1. The molecule has 0 aromatic heterocycles. The maximum absolute atomic E-state index is 12.3. The van der Waals surface area contributed by atoms with Gasteiger partial charge in [-0.3, -0.25) is 4.79 Å². The average Bonchev–Trinajstić information content (AvgIpc) is 2.47. The number of methoxy groups -OCH3 is 1. The summed E-state index contributed by atoms with van der Waals surface area (Å²) in [5.41, 5.74) is 6.51. The summed E-state index contributed by atoms with van der Waals surface area (Å²) < 4.78 is 5.28. The van der Waals surface area contributed by atoms with Crippen molar-refractivity contribution in [2.45, 2.75) is 19.3 Å². The Balaban J connectivity index is 1.99. The summed E-state index contributed by atoms with van der Waals surface area (Å²) in [6, 6.07) is 5.36. The third kappa shape index (κ3) is 3.64. The minimum Gasteiger partial charge on any atom is -0.496 e. The van der Waals surface area contributed by atoms with Crippen LogP contribution in [-0.2, 0) is 11.2 Å². The van der Waals surface area contributed by atoms with Crippen LogP contribution in [0.1, 0.15) is 18.4 Å². The molecule has 0 spiro atoms. The van der Waals surface area contributed by atoms with E-state index in [1.807, 2.05) is 4.90 Å². The zero-order chi connectivity index (χ0) is 14.5. The second-order valence-corrected chi connectivity index (χ2v) is 5.63. The molecule has 0 radical (unpaired) electrons. The Hall–Kier alpha value is -1.26. The van der Waals surface area contributed by atoms with Gasteiger partial charge in [-0.05, 0) is 43.5 Å². The quantitative estimate of drug-likeness (QED) is 0.925. The van der Waals surface area contributed by atoms with E-state index >= 15 is 0 Å². The summed E-state index contributed by atoms with van der Waals surface area (Å²) in [6.45, 7) is 2.30. The van der Waals surface area contributed by atoms with Gasteiger partial charge in [0.15, 0.2) is 0 Å². The number of carbonyl (C=O) groups excluding carboxylic acids is 1. The lowest BCUT2D eigenvalue weighted by Crippen LogP contribution is -2.40. The summed E-state index contributed by atoms with van der Waals surface area (Å²) in [4.78, 5) is 14.2. The molecule has 0 saturated carbocycles. The Morgan fingerprint density at radius 1 is 1.45 bits per heavy atom. The molecule has 0 bridgehead atoms. The molecular weight excluding hydrogens is 276 g/mol. The Labute approximate surface area is 124 Å². The highest BCUT2D eigenvalue weighted by atomic mass is 35.5. The Bertz CT molecular complexity index is 471. The topological polar surface area (TPSA) is 55.6 Å². The molecule has 1 heterocycles. The van der Waals surface area contributed by atoms with Crippen molar-refractivity contribution >= 4 is 17.5 Å². The van der Waals surface area contributed by atoms with Gasteiger partial charge in [0.2, 0.25) is 5.91 Å². The molecule has 0 unspecified atom stereocenters. The standard InChI is InChI=1S/C15H21ClN2O2/c1-20-14-3-2-13(16)8-12(14)9-15(19)18-6-4-11(10-17)5-7-18/h2-3,8,11H,4-7,9-10,17H2,1H3. The van der Waals surface area contributed by atoms with E-state index in [2.05, 4.69) is 0 Å². The third-order valence-electron chi connectivity index (χ3n) is 3.88. The number of nitrogens with two attached hydrogens (primary N) is 1. The van der Waals surface area contributed by atoms with Gasteiger partial charge in [0, 0.05) is 23.7 Å². The maximum Gasteiger partial charge on any atom is 0.227 e. The number of rotatable bonds is 4. The molecular formula is C15H21ClN2O2. The van der Waals surface area contributed by atoms with E-state index in [0.29, 0.717) is 29.7 Å². The molecule has 0 aliphatic carbocycles. The van der Waals surface area contributed by atoms with Crippen LogP contribution >= 0.6 is 11.6 Å². The van der Waals surface area contributed by atoms with Gasteiger partial charge < -0.3 is 15.4 Å². The minimum absolute atomic E-state index is 0.126. The molecule has 5 heteroatoms. The van der Waals surface area contributed by atoms with Gasteiger partial charge in [-0.25, -0.2) is 0 Å². The van der Waals surface area contributed by atoms with Gasteiger partial charge in [0.05, 0.1) is 13.5 Å². The largest absolute Gasteiger partial charge is 0.496 e. The number of nitrogens with zero attached hydrogens (tertiary/aromatic N) is 1. The first-order chi connectivity index (χ1) is 9.63. The predicted molar refractivity (Wildman–Crippen MR) is 80.1 cm³/mol. The van der Waals surface area contributed by atoms with Crippen LogP contribution in [0.5, 0.6) is 5.75 Å². The first-order valence-electron chi connectivity index (χ1n) is 6.94. The van der Waals surface area contributed by atoms with Crippen molar-refractivity contribution in [2.75, 3.05) is 26.7 Å². The molecule has 1 aliphatic heterocycles. The fraction of sp³-hybridized carbons (Fsp3) is 0.533. The third-order valence-corrected chi connectivity index (χ3v) is 4.12. The molecule has 110 valence electrons. The molecule has 1 aromatic carbocycles. The highest BCUT2D eigenvalue weighted by Crippen LogP contribution is 2.24. The van der Waals surface area contributed by atoms with E-state index in [1.54, 1.807) is 25.3 Å². The first-order valence-corrected chi connectivity index (χ1v) is 7.32. The highest BCUT2D eigenvalue weighted by molar-refractivity contribution is 6.30. The van der Waals surface area contributed by atoms with Gasteiger partial charge in [-0.1, -0.05) is 11.6 Å². The van der Waals surface area contributed by atoms with E-state index in [0.717, 1.165) is 31.5 Å². The second-order valence-electron chi connectivity index (χ2n) is 5.19. The molecule has 2 rings (SSSR count). The molecule has 2 N–H and O–H groups in total. The molecule has 0 atom stereocenters. The fourth-order valence-corrected chi connectivity index (χ4v) is 2.77. The zero-order valence-corrected chi connectivity index (χ0v) is 12.5. The number of likely N-dealkylation sites (tertiary alicyclic amines) is 1. The molecule has 1 aliphatic rings. The number of hydrogen-bond donors (Lipinski definition) is 1. The van der Waals surface area contributed by atoms with Crippen LogP contribution in [0, 0.1) is 5.92 Å². The summed E-state index contributed by atoms with van der Waals surface area (Å²) in [5, 5.41) is 0.621. The summed E-state index contributed by atoms with van der Waals surface area (Å²) >= 11 is 5.99. The summed E-state index contributed by atoms with van der Waals surface area (Å²) in [6.07, 6.45) is 2.32. The van der Waals surface area contributed by atoms with Crippen molar-refractivity contribution in [1.29, 1.82) is 0 Å². The van der Waals surface area contributed by atoms with Crippen LogP contribution in [0.25, 0.3) is 0 Å². The maximum atomic E-state index is 12.3. The van der Waals surface area contributed by atoms with Gasteiger partial charge in [-0.2, -0.15) is 0 Å². The number of ether oxygens (including phenoxy) is 1. The van der Waals surface area contributed by atoms with E-state index in [1.165, 1.54) is 0 Å². The number of amides is 1. The fourth-order valence-electron chi connectivity index (χ4n) is 2.58. The van der Waals surface area contributed by atoms with Crippen molar-refractivity contribution in [3.05, 3.63) is 28.8 Å². The molecule has 1 fully saturated rings. The lowest BCUT2D eigenvalue weighted by Gasteiger charge is -2.31. The van der Waals surface area contributed by atoms with Gasteiger partial charge in [-0.15, -0.1) is 0 Å². The number of piperidine rings is 1. The van der Waals surface area contributed by atoms with Crippen LogP contribution in [-0.4, -0.2) is 37.6 Å². The molecule has 20 heavy (non-hydrogen) atoms. The van der Waals surface area contributed by atoms with Crippen LogP contribution in [0.15, 0.2) is 18.2 Å². The smallest absolute Gasteiger partial charge is 0.227 e. The summed E-state index contributed by atoms with van der Waals surface area (Å²) in [5.74, 6) is 1.39. The van der Waals surface area contributed by atoms with Crippen molar-refractivity contribution in [3.8, 4) is 5.75 Å². The van der Waals surface area contributed by atoms with E-state index in [4.69, 9.17) is 22.1 Å². The van der Waals surface area contributed by atoms with Crippen LogP contribution in [0.4, 0.5) is 0 Å². The highest BCUT2D eigenvalue weighted by Gasteiger charge is 2.22. The van der Waals surface area contributed by atoms with Gasteiger partial charge >= 0.3 is 0 Å². The SMILES string of the molecule is COc1ccc(Cl)cc1CC(=O)N1CCC(CN)CC1. The van der Waals surface area contributed by atoms with Crippen LogP contribution < -0.4 is 10.5 Å². The summed E-state index contributed by atoms with van der Waals surface area (Å²) in [7, 11) is 1.60. The normalized spacial score (nSPS) is 16.2. The lowest BCUT2D eigenvalue weighted by molar-refractivity contribution is -0.131.